The highest BCUT2D eigenvalue weighted by atomic mass is 19.4. The van der Waals surface area contributed by atoms with Gasteiger partial charge in [0.05, 0.1) is 11.6 Å². The lowest BCUT2D eigenvalue weighted by molar-refractivity contribution is -0.137. The third-order valence-corrected chi connectivity index (χ3v) is 4.77. The Morgan fingerprint density at radius 3 is 2.55 bits per heavy atom. The molecule has 3 aromatic rings. The van der Waals surface area contributed by atoms with Crippen molar-refractivity contribution in [1.82, 2.24) is 19.7 Å². The zero-order valence-corrected chi connectivity index (χ0v) is 16.3. The number of rotatable bonds is 5. The Labute approximate surface area is 173 Å². The molecule has 1 fully saturated rings. The number of pyridine rings is 1. The molecule has 1 amide bonds. The molecule has 11 heteroatoms. The summed E-state index contributed by atoms with van der Waals surface area (Å²) in [4.78, 5) is 17.2. The maximum atomic E-state index is 13.0. The van der Waals surface area contributed by atoms with Gasteiger partial charge in [0.2, 0.25) is 5.88 Å². The van der Waals surface area contributed by atoms with E-state index in [2.05, 4.69) is 22.0 Å². The number of benzene rings is 1. The van der Waals surface area contributed by atoms with Crippen LogP contribution >= 0.6 is 0 Å². The van der Waals surface area contributed by atoms with Crippen molar-refractivity contribution in [3.63, 3.8) is 0 Å². The van der Waals surface area contributed by atoms with Gasteiger partial charge in [0.1, 0.15) is 17.0 Å². The van der Waals surface area contributed by atoms with Gasteiger partial charge in [-0.15, -0.1) is 0 Å². The van der Waals surface area contributed by atoms with Gasteiger partial charge >= 0.3 is 6.18 Å². The number of fused-ring (bicyclic) bond motifs is 1. The van der Waals surface area contributed by atoms with E-state index < -0.39 is 23.5 Å². The summed E-state index contributed by atoms with van der Waals surface area (Å²) in [5, 5.41) is 8.30. The zero-order valence-electron chi connectivity index (χ0n) is 16.3. The largest absolute Gasteiger partial charge is 0.437 e. The van der Waals surface area contributed by atoms with Crippen molar-refractivity contribution < 1.29 is 27.1 Å². The normalized spacial score (nSPS) is 14.4. The van der Waals surface area contributed by atoms with Crippen LogP contribution in [0.2, 0.25) is 0 Å². The molecule has 0 aliphatic carbocycles. The molecule has 1 saturated heterocycles. The average molecular weight is 435 g/mol. The van der Waals surface area contributed by atoms with Gasteiger partial charge in [-0.1, -0.05) is 6.58 Å². The molecular weight excluding hydrogens is 418 g/mol. The monoisotopic (exact) mass is 435 g/mol. The summed E-state index contributed by atoms with van der Waals surface area (Å²) in [6, 6.07) is 4.02. The van der Waals surface area contributed by atoms with Gasteiger partial charge in [-0.3, -0.25) is 9.48 Å². The van der Waals surface area contributed by atoms with Crippen molar-refractivity contribution in [2.75, 3.05) is 18.4 Å². The molecule has 7 nitrogen and oxygen atoms in total. The first-order valence-electron chi connectivity index (χ1n) is 9.19. The van der Waals surface area contributed by atoms with Gasteiger partial charge in [0, 0.05) is 37.9 Å². The van der Waals surface area contributed by atoms with Crippen LogP contribution < -0.4 is 10.1 Å². The Hall–Kier alpha value is -3.63. The summed E-state index contributed by atoms with van der Waals surface area (Å²) in [6.07, 6.45) is -1.16. The molecule has 4 rings (SSSR count). The maximum Gasteiger partial charge on any atom is 0.416 e. The van der Waals surface area contributed by atoms with Crippen LogP contribution in [0.25, 0.3) is 10.9 Å². The lowest BCUT2D eigenvalue weighted by Crippen LogP contribution is -2.57. The number of ether oxygens (including phenoxy) is 1. The summed E-state index contributed by atoms with van der Waals surface area (Å²) in [5.41, 5.74) is 0.174. The SMILES string of the molecule is C=C(F)C(=O)N1CC(Nc2c(Oc3ccc(C(F)(F)F)cc3)ncc3cn(C)nc23)C1. The van der Waals surface area contributed by atoms with Gasteiger partial charge in [-0.25, -0.2) is 9.37 Å². The minimum atomic E-state index is -4.45. The van der Waals surface area contributed by atoms with Gasteiger partial charge < -0.3 is 15.0 Å². The zero-order chi connectivity index (χ0) is 22.3. The van der Waals surface area contributed by atoms with Crippen molar-refractivity contribution in [2.45, 2.75) is 12.2 Å². The fourth-order valence-electron chi connectivity index (χ4n) is 3.23. The molecule has 0 bridgehead atoms. The number of carbonyl (C=O) groups excluding carboxylic acids is 1. The molecule has 0 atom stereocenters. The lowest BCUT2D eigenvalue weighted by Gasteiger charge is -2.39. The molecule has 0 radical (unpaired) electrons. The van der Waals surface area contributed by atoms with E-state index in [1.54, 1.807) is 17.9 Å². The first-order valence-corrected chi connectivity index (χ1v) is 9.19. The van der Waals surface area contributed by atoms with E-state index in [4.69, 9.17) is 4.74 Å². The molecular formula is C20H17F4N5O2. The fourth-order valence-corrected chi connectivity index (χ4v) is 3.23. The third kappa shape index (κ3) is 4.16. The minimum Gasteiger partial charge on any atom is -0.437 e. The van der Waals surface area contributed by atoms with Gasteiger partial charge in [0.25, 0.3) is 5.91 Å². The number of carbonyl (C=O) groups is 1. The number of likely N-dealkylation sites (tertiary alicyclic amines) is 1. The van der Waals surface area contributed by atoms with Crippen molar-refractivity contribution in [3.05, 3.63) is 54.6 Å². The minimum absolute atomic E-state index is 0.116. The fraction of sp³-hybridized carbons (Fsp3) is 0.250. The van der Waals surface area contributed by atoms with Crippen LogP contribution in [0.4, 0.5) is 23.2 Å². The highest BCUT2D eigenvalue weighted by Gasteiger charge is 2.33. The third-order valence-electron chi connectivity index (χ3n) is 4.77. The van der Waals surface area contributed by atoms with Crippen molar-refractivity contribution >= 4 is 22.5 Å². The summed E-state index contributed by atoms with van der Waals surface area (Å²) >= 11 is 0. The molecule has 1 N–H and O–H groups in total. The summed E-state index contributed by atoms with van der Waals surface area (Å²) < 4.78 is 58.7. The quantitative estimate of drug-likeness (QED) is 0.487. The van der Waals surface area contributed by atoms with Gasteiger partial charge in [0.15, 0.2) is 5.83 Å². The molecule has 0 spiro atoms. The summed E-state index contributed by atoms with van der Waals surface area (Å²) in [7, 11) is 1.73. The van der Waals surface area contributed by atoms with E-state index in [0.29, 0.717) is 16.6 Å². The molecule has 1 aliphatic heterocycles. The molecule has 31 heavy (non-hydrogen) atoms. The molecule has 3 heterocycles. The number of aryl methyl sites for hydroxylation is 1. The summed E-state index contributed by atoms with van der Waals surface area (Å²) in [5.74, 6) is -1.52. The standard InChI is InChI=1S/C20H17F4N5O2/c1-11(21)19(30)29-9-14(10-29)26-17-16-12(8-28(2)27-16)7-25-18(17)31-15-5-3-13(4-6-15)20(22,23)24/h3-8,14,26H,1,9-10H2,2H3. The number of alkyl halides is 3. The maximum absolute atomic E-state index is 13.0. The van der Waals surface area contributed by atoms with E-state index in [9.17, 15) is 22.4 Å². The Bertz CT molecular complexity index is 1150. The Balaban J connectivity index is 1.59. The first kappa shape index (κ1) is 20.6. The number of hydrogen-bond acceptors (Lipinski definition) is 5. The predicted octanol–water partition coefficient (Wildman–Crippen LogP) is 3.89. The van der Waals surface area contributed by atoms with E-state index in [-0.39, 0.29) is 30.8 Å². The lowest BCUT2D eigenvalue weighted by atomic mass is 10.1. The van der Waals surface area contributed by atoms with Crippen LogP contribution in [0, 0.1) is 0 Å². The van der Waals surface area contributed by atoms with E-state index in [1.807, 2.05) is 0 Å². The number of hydrogen-bond donors (Lipinski definition) is 1. The number of nitrogens with zero attached hydrogens (tertiary/aromatic N) is 4. The van der Waals surface area contributed by atoms with E-state index in [0.717, 1.165) is 12.1 Å². The average Bonchev–Trinajstić information content (AvgIpc) is 3.05. The molecule has 0 unspecified atom stereocenters. The van der Waals surface area contributed by atoms with E-state index in [1.165, 1.54) is 23.2 Å². The molecule has 1 aromatic carbocycles. The number of halogens is 4. The molecule has 0 saturated carbocycles. The van der Waals surface area contributed by atoms with Crippen molar-refractivity contribution in [3.8, 4) is 11.6 Å². The highest BCUT2D eigenvalue weighted by molar-refractivity contribution is 5.93. The first-order chi connectivity index (χ1) is 14.6. The summed E-state index contributed by atoms with van der Waals surface area (Å²) in [6.45, 7) is 3.48. The molecule has 2 aromatic heterocycles. The van der Waals surface area contributed by atoms with Crippen LogP contribution in [-0.4, -0.2) is 44.7 Å². The second-order valence-corrected chi connectivity index (χ2v) is 7.13. The number of anilines is 1. The second kappa shape index (κ2) is 7.56. The Morgan fingerprint density at radius 1 is 1.26 bits per heavy atom. The van der Waals surface area contributed by atoms with E-state index >= 15 is 0 Å². The molecule has 162 valence electrons. The second-order valence-electron chi connectivity index (χ2n) is 7.13. The van der Waals surface area contributed by atoms with Crippen LogP contribution in [0.3, 0.4) is 0 Å². The van der Waals surface area contributed by atoms with Crippen molar-refractivity contribution in [1.29, 1.82) is 0 Å². The Morgan fingerprint density at radius 2 is 1.94 bits per heavy atom. The smallest absolute Gasteiger partial charge is 0.416 e. The number of nitrogens with one attached hydrogen (secondary N) is 1. The van der Waals surface area contributed by atoms with Crippen LogP contribution in [-0.2, 0) is 18.0 Å². The van der Waals surface area contributed by atoms with Crippen LogP contribution in [0.5, 0.6) is 11.6 Å². The van der Waals surface area contributed by atoms with Crippen LogP contribution in [0.15, 0.2) is 49.1 Å². The van der Waals surface area contributed by atoms with Gasteiger partial charge in [-0.05, 0) is 24.3 Å². The predicted molar refractivity (Wildman–Crippen MR) is 104 cm³/mol. The van der Waals surface area contributed by atoms with Crippen molar-refractivity contribution in [2.24, 2.45) is 7.05 Å². The Kier molecular flexibility index (Phi) is 5.03. The van der Waals surface area contributed by atoms with Crippen LogP contribution in [0.1, 0.15) is 5.56 Å². The number of aromatic nitrogens is 3. The number of amides is 1. The topological polar surface area (TPSA) is 72.3 Å². The van der Waals surface area contributed by atoms with Gasteiger partial charge in [-0.2, -0.15) is 18.3 Å². The molecule has 1 aliphatic rings. The highest BCUT2D eigenvalue weighted by Crippen LogP contribution is 2.36.